The first-order valence-electron chi connectivity index (χ1n) is 10.1. The van der Waals surface area contributed by atoms with E-state index in [0.717, 1.165) is 5.56 Å². The van der Waals surface area contributed by atoms with Crippen molar-refractivity contribution in [1.82, 2.24) is 0 Å². The van der Waals surface area contributed by atoms with E-state index in [2.05, 4.69) is 0 Å². The highest BCUT2D eigenvalue weighted by atomic mass is 32.2. The Labute approximate surface area is 187 Å². The van der Waals surface area contributed by atoms with E-state index in [1.807, 2.05) is 6.92 Å². The molecule has 0 bridgehead atoms. The minimum atomic E-state index is -4.31. The Kier molecular flexibility index (Phi) is 6.97. The molecular weight excluding hydrogens is 444 g/mol. The van der Waals surface area contributed by atoms with Gasteiger partial charge in [-0.25, -0.2) is 0 Å². The predicted octanol–water partition coefficient (Wildman–Crippen LogP) is 1.48. The largest absolute Gasteiger partial charge is 0.457 e. The Morgan fingerprint density at radius 1 is 0.875 bits per heavy atom. The van der Waals surface area contributed by atoms with Crippen LogP contribution < -0.4 is 0 Å². The highest BCUT2D eigenvalue weighted by Gasteiger charge is 2.62. The third kappa shape index (κ3) is 5.12. The molecule has 10 nitrogen and oxygen atoms in total. The maximum atomic E-state index is 13.1. The van der Waals surface area contributed by atoms with E-state index in [4.69, 9.17) is 27.9 Å². The van der Waals surface area contributed by atoms with E-state index < -0.39 is 64.5 Å². The fraction of sp³-hybridized carbons (Fsp3) is 0.619. The van der Waals surface area contributed by atoms with Gasteiger partial charge >= 0.3 is 11.9 Å². The summed E-state index contributed by atoms with van der Waals surface area (Å²) in [5, 5.41) is 0. The average Bonchev–Trinajstić information content (AvgIpc) is 3.00. The second kappa shape index (κ2) is 9.06. The minimum absolute atomic E-state index is 0.0883. The first-order valence-corrected chi connectivity index (χ1v) is 11.5. The SMILES string of the molecule is CO[C@@H]1[C@H](OC(C)=O)[C@H]2OC(C)(C)O[C@H]2[C@H](OC(C)=O)[C@H]1OS(=O)(=O)c1ccc(C)cc1. The molecule has 6 atom stereocenters. The number of carbonyl (C=O) groups is 2. The van der Waals surface area contributed by atoms with Crippen LogP contribution in [0.25, 0.3) is 0 Å². The molecule has 11 heteroatoms. The summed E-state index contributed by atoms with van der Waals surface area (Å²) < 4.78 is 59.9. The normalized spacial score (nSPS) is 31.6. The monoisotopic (exact) mass is 472 g/mol. The minimum Gasteiger partial charge on any atom is -0.457 e. The number of esters is 2. The van der Waals surface area contributed by atoms with Gasteiger partial charge in [0.25, 0.3) is 10.1 Å². The van der Waals surface area contributed by atoms with Crippen LogP contribution in [0.15, 0.2) is 29.2 Å². The first kappa shape index (κ1) is 24.6. The number of benzene rings is 1. The Morgan fingerprint density at radius 2 is 1.34 bits per heavy atom. The van der Waals surface area contributed by atoms with Crippen LogP contribution in [0, 0.1) is 6.92 Å². The van der Waals surface area contributed by atoms with Gasteiger partial charge in [-0.15, -0.1) is 0 Å². The van der Waals surface area contributed by atoms with Crippen molar-refractivity contribution in [2.24, 2.45) is 0 Å². The Balaban J connectivity index is 2.05. The maximum Gasteiger partial charge on any atom is 0.303 e. The van der Waals surface area contributed by atoms with E-state index >= 15 is 0 Å². The molecule has 2 aliphatic rings. The van der Waals surface area contributed by atoms with Gasteiger partial charge in [0.05, 0.1) is 4.90 Å². The number of rotatable bonds is 6. The summed E-state index contributed by atoms with van der Waals surface area (Å²) in [5.74, 6) is -2.42. The number of aryl methyl sites for hydroxylation is 1. The van der Waals surface area contributed by atoms with Gasteiger partial charge in [-0.05, 0) is 32.9 Å². The summed E-state index contributed by atoms with van der Waals surface area (Å²) in [6.07, 6.45) is -6.65. The van der Waals surface area contributed by atoms with Crippen LogP contribution >= 0.6 is 0 Å². The van der Waals surface area contributed by atoms with Gasteiger partial charge in [0, 0.05) is 21.0 Å². The van der Waals surface area contributed by atoms with Crippen molar-refractivity contribution in [3.05, 3.63) is 29.8 Å². The lowest BCUT2D eigenvalue weighted by Crippen LogP contribution is -2.66. The van der Waals surface area contributed by atoms with Gasteiger partial charge in [-0.1, -0.05) is 17.7 Å². The molecule has 0 N–H and O–H groups in total. The zero-order valence-corrected chi connectivity index (χ0v) is 19.6. The lowest BCUT2D eigenvalue weighted by atomic mass is 9.84. The predicted molar refractivity (Wildman–Crippen MR) is 109 cm³/mol. The van der Waals surface area contributed by atoms with Gasteiger partial charge in [-0.2, -0.15) is 8.42 Å². The number of carbonyl (C=O) groups excluding carboxylic acids is 2. The fourth-order valence-corrected chi connectivity index (χ4v) is 5.10. The van der Waals surface area contributed by atoms with Crippen molar-refractivity contribution in [3.63, 3.8) is 0 Å². The third-order valence-electron chi connectivity index (χ3n) is 5.21. The van der Waals surface area contributed by atoms with Crippen molar-refractivity contribution >= 4 is 22.1 Å². The van der Waals surface area contributed by atoms with Crippen LogP contribution in [0.4, 0.5) is 0 Å². The molecule has 0 amide bonds. The molecule has 32 heavy (non-hydrogen) atoms. The van der Waals surface area contributed by atoms with E-state index in [9.17, 15) is 18.0 Å². The molecule has 0 spiro atoms. The fourth-order valence-electron chi connectivity index (χ4n) is 4.01. The molecule has 0 aromatic heterocycles. The number of fused-ring (bicyclic) bond motifs is 1. The molecule has 0 unspecified atom stereocenters. The summed E-state index contributed by atoms with van der Waals surface area (Å²) in [7, 11) is -3.00. The smallest absolute Gasteiger partial charge is 0.303 e. The molecule has 3 rings (SSSR count). The summed E-state index contributed by atoms with van der Waals surface area (Å²) in [4.78, 5) is 23.6. The molecule has 1 saturated carbocycles. The molecule has 1 aromatic rings. The van der Waals surface area contributed by atoms with Crippen LogP contribution in [0.2, 0.25) is 0 Å². The van der Waals surface area contributed by atoms with E-state index in [1.54, 1.807) is 26.0 Å². The van der Waals surface area contributed by atoms with Crippen LogP contribution in [-0.4, -0.2) is 69.9 Å². The lowest BCUT2D eigenvalue weighted by Gasteiger charge is -2.44. The van der Waals surface area contributed by atoms with E-state index in [0.29, 0.717) is 0 Å². The molecule has 1 aliphatic heterocycles. The first-order chi connectivity index (χ1) is 14.8. The molecule has 0 radical (unpaired) electrons. The van der Waals surface area contributed by atoms with Crippen molar-refractivity contribution in [3.8, 4) is 0 Å². The van der Waals surface area contributed by atoms with Crippen molar-refractivity contribution in [2.75, 3.05) is 7.11 Å². The van der Waals surface area contributed by atoms with Gasteiger partial charge in [0.2, 0.25) is 0 Å². The lowest BCUT2D eigenvalue weighted by molar-refractivity contribution is -0.218. The van der Waals surface area contributed by atoms with Gasteiger partial charge in [0.1, 0.15) is 24.4 Å². The third-order valence-corrected chi connectivity index (χ3v) is 6.53. The quantitative estimate of drug-likeness (QED) is 0.444. The second-order valence-corrected chi connectivity index (χ2v) is 9.81. The van der Waals surface area contributed by atoms with Crippen LogP contribution in [0.1, 0.15) is 33.3 Å². The Morgan fingerprint density at radius 3 is 1.78 bits per heavy atom. The zero-order chi connectivity index (χ0) is 23.8. The van der Waals surface area contributed by atoms with Crippen LogP contribution in [0.3, 0.4) is 0 Å². The second-order valence-electron chi connectivity index (χ2n) is 8.24. The van der Waals surface area contributed by atoms with Gasteiger partial charge in [-0.3, -0.25) is 13.8 Å². The molecule has 2 fully saturated rings. The van der Waals surface area contributed by atoms with Gasteiger partial charge in [0.15, 0.2) is 18.0 Å². The number of hydrogen-bond donors (Lipinski definition) is 0. The standard InChI is InChI=1S/C21H28O10S/c1-11-7-9-14(10-8-11)32(24,25)31-20-15(26-6)16(27-12(2)22)18-19(17(20)28-13(3)23)30-21(4,5)29-18/h7-10,15-20H,1-6H3/t15-,16+,17+,18-,19+,20+/m1/s1. The van der Waals surface area contributed by atoms with E-state index in [-0.39, 0.29) is 4.90 Å². The molecule has 1 heterocycles. The number of hydrogen-bond acceptors (Lipinski definition) is 10. The van der Waals surface area contributed by atoms with E-state index in [1.165, 1.54) is 33.1 Å². The Hall–Kier alpha value is -2.05. The number of ether oxygens (including phenoxy) is 5. The summed E-state index contributed by atoms with van der Waals surface area (Å²) in [6, 6.07) is 6.06. The topological polar surface area (TPSA) is 124 Å². The van der Waals surface area contributed by atoms with Crippen molar-refractivity contribution in [2.45, 2.75) is 81.9 Å². The summed E-state index contributed by atoms with van der Waals surface area (Å²) in [5.41, 5.74) is 0.866. The maximum absolute atomic E-state index is 13.1. The summed E-state index contributed by atoms with van der Waals surface area (Å²) >= 11 is 0. The molecular formula is C21H28O10S. The van der Waals surface area contributed by atoms with Crippen molar-refractivity contribution < 1.29 is 45.9 Å². The van der Waals surface area contributed by atoms with Gasteiger partial charge < -0.3 is 23.7 Å². The highest BCUT2D eigenvalue weighted by molar-refractivity contribution is 7.86. The highest BCUT2D eigenvalue weighted by Crippen LogP contribution is 2.42. The summed E-state index contributed by atoms with van der Waals surface area (Å²) in [6.45, 7) is 7.49. The molecule has 1 aliphatic carbocycles. The number of methoxy groups -OCH3 is 1. The van der Waals surface area contributed by atoms with Crippen LogP contribution in [0.5, 0.6) is 0 Å². The Bertz CT molecular complexity index is 955. The molecule has 1 saturated heterocycles. The average molecular weight is 473 g/mol. The van der Waals surface area contributed by atoms with Crippen molar-refractivity contribution in [1.29, 1.82) is 0 Å². The molecule has 178 valence electrons. The van der Waals surface area contributed by atoms with Crippen LogP contribution in [-0.2, 0) is 47.6 Å². The zero-order valence-electron chi connectivity index (χ0n) is 18.8. The molecule has 1 aromatic carbocycles.